The van der Waals surface area contributed by atoms with Gasteiger partial charge in [0.05, 0.1) is 11.6 Å². The Balaban J connectivity index is 1.64. The van der Waals surface area contributed by atoms with E-state index in [0.717, 1.165) is 61.9 Å². The molecule has 4 rings (SSSR count). The summed E-state index contributed by atoms with van der Waals surface area (Å²) in [6.45, 7) is 3.56. The molecule has 0 aromatic heterocycles. The van der Waals surface area contributed by atoms with Gasteiger partial charge in [0.1, 0.15) is 11.5 Å². The van der Waals surface area contributed by atoms with E-state index in [-0.39, 0.29) is 17.6 Å². The maximum Gasteiger partial charge on any atom is 0.271 e. The molecule has 1 atom stereocenters. The maximum absolute atomic E-state index is 14.9. The minimum absolute atomic E-state index is 0.0551. The third-order valence-electron chi connectivity index (χ3n) is 6.93. The smallest absolute Gasteiger partial charge is 0.271 e. The molecule has 4 nitrogen and oxygen atoms in total. The number of aliphatic imine (C=N–C) groups is 1. The van der Waals surface area contributed by atoms with Crippen molar-refractivity contribution < 1.29 is 9.18 Å². The summed E-state index contributed by atoms with van der Waals surface area (Å²) in [5.74, 6) is 0.240. The van der Waals surface area contributed by atoms with Crippen LogP contribution in [0.3, 0.4) is 0 Å². The maximum atomic E-state index is 14.9. The Morgan fingerprint density at radius 1 is 1.18 bits per heavy atom. The van der Waals surface area contributed by atoms with Crippen LogP contribution in [-0.2, 0) is 11.2 Å². The van der Waals surface area contributed by atoms with Crippen LogP contribution in [0.2, 0.25) is 0 Å². The van der Waals surface area contributed by atoms with Crippen molar-refractivity contribution in [2.45, 2.75) is 51.4 Å². The molecule has 0 radical (unpaired) electrons. The molecule has 2 aromatic carbocycles. The molecular weight excluding hydrogens is 425 g/mol. The standard InChI is InChI=1S/C29H32FN3O/c1-20(16-25-13-12-24(17-27(25)30)22-10-11-22)26(23-8-6-21(19-31)7-9-23)18-28(32-2)29(34)33-14-4-3-5-15-33/h6-9,12-13,17-18,20,22H,3-5,10-11,14-16H2,1-2H3/b26-18+,32-28?/t20-/m1/s1. The van der Waals surface area contributed by atoms with Crippen molar-refractivity contribution in [1.82, 2.24) is 4.90 Å². The molecule has 5 heteroatoms. The first kappa shape index (κ1) is 23.9. The molecule has 1 aliphatic carbocycles. The van der Waals surface area contributed by atoms with Gasteiger partial charge in [-0.15, -0.1) is 0 Å². The van der Waals surface area contributed by atoms with Crippen LogP contribution in [-0.4, -0.2) is 36.7 Å². The van der Waals surface area contributed by atoms with Gasteiger partial charge in [0.2, 0.25) is 0 Å². The van der Waals surface area contributed by atoms with Crippen molar-refractivity contribution >= 4 is 17.2 Å². The van der Waals surface area contributed by atoms with Gasteiger partial charge in [0, 0.05) is 20.1 Å². The first-order chi connectivity index (χ1) is 16.5. The zero-order valence-electron chi connectivity index (χ0n) is 20.1. The molecule has 1 aliphatic heterocycles. The Hall–Kier alpha value is -3.26. The number of carbonyl (C=O) groups excluding carboxylic acids is 1. The zero-order valence-corrected chi connectivity index (χ0v) is 20.1. The molecular formula is C29H32FN3O. The number of nitrogens with zero attached hydrogens (tertiary/aromatic N) is 3. The highest BCUT2D eigenvalue weighted by molar-refractivity contribution is 6.44. The fraction of sp³-hybridized carbons (Fsp3) is 0.414. The van der Waals surface area contributed by atoms with Gasteiger partial charge in [-0.2, -0.15) is 5.26 Å². The van der Waals surface area contributed by atoms with E-state index in [1.54, 1.807) is 25.2 Å². The van der Waals surface area contributed by atoms with Gasteiger partial charge in [-0.3, -0.25) is 9.79 Å². The molecule has 0 unspecified atom stereocenters. The molecule has 0 N–H and O–H groups in total. The molecule has 1 saturated carbocycles. The molecule has 1 saturated heterocycles. The van der Waals surface area contributed by atoms with Crippen LogP contribution in [0.15, 0.2) is 53.5 Å². The second-order valence-electron chi connectivity index (χ2n) is 9.48. The number of hydrogen-bond acceptors (Lipinski definition) is 3. The Morgan fingerprint density at radius 2 is 1.88 bits per heavy atom. The van der Waals surface area contributed by atoms with Gasteiger partial charge < -0.3 is 4.90 Å². The van der Waals surface area contributed by atoms with Gasteiger partial charge >= 0.3 is 0 Å². The number of benzene rings is 2. The average molecular weight is 458 g/mol. The molecule has 34 heavy (non-hydrogen) atoms. The molecule has 0 spiro atoms. The number of halogens is 1. The number of piperidine rings is 1. The lowest BCUT2D eigenvalue weighted by molar-refractivity contribution is -0.124. The van der Waals surface area contributed by atoms with E-state index in [4.69, 9.17) is 0 Å². The fourth-order valence-electron chi connectivity index (χ4n) is 4.72. The van der Waals surface area contributed by atoms with Crippen molar-refractivity contribution in [2.75, 3.05) is 20.1 Å². The van der Waals surface area contributed by atoms with Crippen LogP contribution in [0.5, 0.6) is 0 Å². The zero-order chi connectivity index (χ0) is 24.1. The first-order valence-corrected chi connectivity index (χ1v) is 12.3. The molecule has 2 fully saturated rings. The summed E-state index contributed by atoms with van der Waals surface area (Å²) in [6.07, 6.45) is 7.84. The molecule has 2 aliphatic rings. The normalized spacial score (nSPS) is 17.9. The van der Waals surface area contributed by atoms with Crippen LogP contribution in [0.1, 0.15) is 67.2 Å². The van der Waals surface area contributed by atoms with E-state index in [9.17, 15) is 14.4 Å². The van der Waals surface area contributed by atoms with Crippen molar-refractivity contribution in [3.63, 3.8) is 0 Å². The lowest BCUT2D eigenvalue weighted by Crippen LogP contribution is -2.39. The van der Waals surface area contributed by atoms with Crippen LogP contribution in [0, 0.1) is 23.1 Å². The summed E-state index contributed by atoms with van der Waals surface area (Å²) < 4.78 is 14.9. The van der Waals surface area contributed by atoms with Crippen molar-refractivity contribution in [3.05, 3.63) is 76.6 Å². The SMILES string of the molecule is CN=C(/C=C(/c1ccc(C#N)cc1)[C@H](C)Cc1ccc(C2CC2)cc1F)C(=O)N1CCCCC1. The quantitative estimate of drug-likeness (QED) is 0.485. The minimum atomic E-state index is -0.163. The Bertz CT molecular complexity index is 1130. The number of hydrogen-bond donors (Lipinski definition) is 0. The molecule has 0 bridgehead atoms. The Kier molecular flexibility index (Phi) is 7.57. The minimum Gasteiger partial charge on any atom is -0.337 e. The number of nitriles is 1. The number of carbonyl (C=O) groups is 1. The highest BCUT2D eigenvalue weighted by Gasteiger charge is 2.25. The monoisotopic (exact) mass is 457 g/mol. The van der Waals surface area contributed by atoms with Crippen LogP contribution < -0.4 is 0 Å². The average Bonchev–Trinajstić information content (AvgIpc) is 3.72. The van der Waals surface area contributed by atoms with Gasteiger partial charge in [0.15, 0.2) is 0 Å². The van der Waals surface area contributed by atoms with Crippen molar-refractivity contribution in [2.24, 2.45) is 10.9 Å². The van der Waals surface area contributed by atoms with Gasteiger partial charge in [-0.25, -0.2) is 4.39 Å². The van der Waals surface area contributed by atoms with E-state index in [0.29, 0.717) is 29.2 Å². The topological polar surface area (TPSA) is 56.5 Å². The molecule has 176 valence electrons. The van der Waals surface area contributed by atoms with E-state index >= 15 is 0 Å². The van der Waals surface area contributed by atoms with E-state index in [1.165, 1.54) is 0 Å². The predicted octanol–water partition coefficient (Wildman–Crippen LogP) is 5.92. The summed E-state index contributed by atoms with van der Waals surface area (Å²) in [5.41, 5.74) is 4.58. The number of likely N-dealkylation sites (tertiary alicyclic amines) is 1. The summed E-state index contributed by atoms with van der Waals surface area (Å²) >= 11 is 0. The van der Waals surface area contributed by atoms with Crippen LogP contribution >= 0.6 is 0 Å². The summed E-state index contributed by atoms with van der Waals surface area (Å²) in [4.78, 5) is 19.4. The third kappa shape index (κ3) is 5.62. The number of allylic oxidation sites excluding steroid dienone is 1. The highest BCUT2D eigenvalue weighted by Crippen LogP contribution is 2.40. The summed E-state index contributed by atoms with van der Waals surface area (Å²) in [5, 5.41) is 9.19. The summed E-state index contributed by atoms with van der Waals surface area (Å²) in [6, 6.07) is 15.1. The van der Waals surface area contributed by atoms with Crippen molar-refractivity contribution in [3.8, 4) is 6.07 Å². The molecule has 1 heterocycles. The Labute approximate surface area is 201 Å². The second kappa shape index (κ2) is 10.8. The lowest BCUT2D eigenvalue weighted by atomic mass is 9.87. The summed E-state index contributed by atoms with van der Waals surface area (Å²) in [7, 11) is 1.64. The van der Waals surface area contributed by atoms with E-state index < -0.39 is 0 Å². The second-order valence-corrected chi connectivity index (χ2v) is 9.48. The van der Waals surface area contributed by atoms with Crippen LogP contribution in [0.4, 0.5) is 4.39 Å². The highest BCUT2D eigenvalue weighted by atomic mass is 19.1. The number of amides is 1. The lowest BCUT2D eigenvalue weighted by Gasteiger charge is -2.27. The largest absolute Gasteiger partial charge is 0.337 e. The van der Waals surface area contributed by atoms with Crippen molar-refractivity contribution in [1.29, 1.82) is 5.26 Å². The number of rotatable bonds is 7. The van der Waals surface area contributed by atoms with Gasteiger partial charge in [-0.1, -0.05) is 31.2 Å². The third-order valence-corrected chi connectivity index (χ3v) is 6.93. The van der Waals surface area contributed by atoms with Gasteiger partial charge in [0.25, 0.3) is 5.91 Å². The first-order valence-electron chi connectivity index (χ1n) is 12.3. The molecule has 1 amide bonds. The predicted molar refractivity (Wildman–Crippen MR) is 134 cm³/mol. The van der Waals surface area contributed by atoms with E-state index in [1.807, 2.05) is 35.2 Å². The fourth-order valence-corrected chi connectivity index (χ4v) is 4.72. The van der Waals surface area contributed by atoms with E-state index in [2.05, 4.69) is 18.0 Å². The Morgan fingerprint density at radius 3 is 2.47 bits per heavy atom. The molecule has 2 aromatic rings. The van der Waals surface area contributed by atoms with Crippen LogP contribution in [0.25, 0.3) is 5.57 Å². The van der Waals surface area contributed by atoms with Gasteiger partial charge in [-0.05, 0) is 96.9 Å².